The van der Waals surface area contributed by atoms with Crippen LogP contribution in [0.4, 0.5) is 0 Å². The largest absolute Gasteiger partial charge is 0.417 e. The van der Waals surface area contributed by atoms with Gasteiger partial charge in [0.2, 0.25) is 0 Å². The molecule has 1 aliphatic rings. The van der Waals surface area contributed by atoms with Crippen molar-refractivity contribution in [2.24, 2.45) is 5.41 Å². The highest BCUT2D eigenvalue weighted by molar-refractivity contribution is 5.72. The standard InChI is InChI=1S/C13H13N3O3/c14-5-13(7-18-8-13)6-15-4-9-1-2-10-11(3-9)19-12(17)16-10/h1-3,15H,4,6-8H2,(H,16,17). The lowest BCUT2D eigenvalue weighted by atomic mass is 9.88. The van der Waals surface area contributed by atoms with Crippen LogP contribution in [0.1, 0.15) is 5.56 Å². The highest BCUT2D eigenvalue weighted by Gasteiger charge is 2.38. The van der Waals surface area contributed by atoms with Gasteiger partial charge in [0.1, 0.15) is 5.41 Å². The van der Waals surface area contributed by atoms with Crippen molar-refractivity contribution in [3.8, 4) is 6.07 Å². The molecule has 0 radical (unpaired) electrons. The number of nitrogens with zero attached hydrogens (tertiary/aromatic N) is 1. The van der Waals surface area contributed by atoms with Crippen LogP contribution >= 0.6 is 0 Å². The van der Waals surface area contributed by atoms with Gasteiger partial charge in [0, 0.05) is 13.1 Å². The van der Waals surface area contributed by atoms with E-state index in [2.05, 4.69) is 16.4 Å². The summed E-state index contributed by atoms with van der Waals surface area (Å²) in [5, 5.41) is 12.3. The molecule has 0 aliphatic carbocycles. The summed E-state index contributed by atoms with van der Waals surface area (Å²) in [4.78, 5) is 13.6. The Kier molecular flexibility index (Phi) is 2.85. The van der Waals surface area contributed by atoms with E-state index < -0.39 is 5.76 Å². The van der Waals surface area contributed by atoms with Gasteiger partial charge >= 0.3 is 5.76 Å². The van der Waals surface area contributed by atoms with E-state index in [9.17, 15) is 4.79 Å². The second-order valence-corrected chi connectivity index (χ2v) is 4.83. The summed E-state index contributed by atoms with van der Waals surface area (Å²) in [6, 6.07) is 7.82. The molecule has 2 heterocycles. The first-order valence-corrected chi connectivity index (χ1v) is 6.02. The highest BCUT2D eigenvalue weighted by atomic mass is 16.5. The van der Waals surface area contributed by atoms with Gasteiger partial charge in [0.25, 0.3) is 0 Å². The van der Waals surface area contributed by atoms with E-state index >= 15 is 0 Å². The molecule has 3 rings (SSSR count). The zero-order chi connectivity index (χ0) is 13.3. The van der Waals surface area contributed by atoms with Gasteiger partial charge in [0.05, 0.1) is 24.8 Å². The molecular formula is C13H13N3O3. The number of hydrogen-bond acceptors (Lipinski definition) is 5. The van der Waals surface area contributed by atoms with Crippen molar-refractivity contribution < 1.29 is 9.15 Å². The Balaban J connectivity index is 1.65. The van der Waals surface area contributed by atoms with E-state index in [0.29, 0.717) is 37.4 Å². The van der Waals surface area contributed by atoms with Crippen LogP contribution in [-0.4, -0.2) is 24.7 Å². The third-order valence-electron chi connectivity index (χ3n) is 3.27. The number of H-pyrrole nitrogens is 1. The fourth-order valence-corrected chi connectivity index (χ4v) is 2.10. The SMILES string of the molecule is N#CC1(CNCc2ccc3[nH]c(=O)oc3c2)COC1. The first kappa shape index (κ1) is 12.0. The van der Waals surface area contributed by atoms with Gasteiger partial charge in [-0.3, -0.25) is 4.98 Å². The Bertz CT molecular complexity index is 691. The molecule has 0 saturated carbocycles. The molecule has 0 bridgehead atoms. The van der Waals surface area contributed by atoms with Gasteiger partial charge in [0.15, 0.2) is 5.58 Å². The Morgan fingerprint density at radius 1 is 1.47 bits per heavy atom. The molecule has 6 nitrogen and oxygen atoms in total. The van der Waals surface area contributed by atoms with Gasteiger partial charge < -0.3 is 14.5 Å². The van der Waals surface area contributed by atoms with Gasteiger partial charge in [-0.15, -0.1) is 0 Å². The lowest BCUT2D eigenvalue weighted by molar-refractivity contribution is -0.0755. The van der Waals surface area contributed by atoms with Gasteiger partial charge in [-0.05, 0) is 17.7 Å². The zero-order valence-corrected chi connectivity index (χ0v) is 10.2. The number of aromatic amines is 1. The van der Waals surface area contributed by atoms with Crippen molar-refractivity contribution in [1.82, 2.24) is 10.3 Å². The van der Waals surface area contributed by atoms with Crippen molar-refractivity contribution in [3.63, 3.8) is 0 Å². The van der Waals surface area contributed by atoms with E-state index in [1.54, 1.807) is 0 Å². The summed E-state index contributed by atoms with van der Waals surface area (Å²) in [6.07, 6.45) is 0. The van der Waals surface area contributed by atoms with E-state index in [0.717, 1.165) is 5.56 Å². The Hall–Kier alpha value is -2.10. The van der Waals surface area contributed by atoms with Crippen LogP contribution in [0.5, 0.6) is 0 Å². The molecule has 6 heteroatoms. The number of nitrogens with one attached hydrogen (secondary N) is 2. The average Bonchev–Trinajstić information content (AvgIpc) is 2.72. The zero-order valence-electron chi connectivity index (χ0n) is 10.2. The molecular weight excluding hydrogens is 246 g/mol. The van der Waals surface area contributed by atoms with Crippen molar-refractivity contribution in [2.45, 2.75) is 6.54 Å². The van der Waals surface area contributed by atoms with E-state index in [4.69, 9.17) is 14.4 Å². The summed E-state index contributed by atoms with van der Waals surface area (Å²) in [5.74, 6) is -0.449. The minimum atomic E-state index is -0.449. The predicted octanol–water partition coefficient (Wildman–Crippen LogP) is 0.751. The van der Waals surface area contributed by atoms with Crippen LogP contribution in [-0.2, 0) is 11.3 Å². The molecule has 1 aromatic carbocycles. The van der Waals surface area contributed by atoms with Crippen LogP contribution in [0.15, 0.2) is 27.4 Å². The normalized spacial score (nSPS) is 17.0. The molecule has 1 saturated heterocycles. The molecule has 1 fully saturated rings. The van der Waals surface area contributed by atoms with Gasteiger partial charge in [-0.1, -0.05) is 6.07 Å². The molecule has 2 aromatic rings. The number of hydrogen-bond donors (Lipinski definition) is 2. The number of oxazole rings is 1. The molecule has 1 aliphatic heterocycles. The molecule has 0 atom stereocenters. The number of nitriles is 1. The molecule has 1 aromatic heterocycles. The van der Waals surface area contributed by atoms with Crippen molar-refractivity contribution in [1.29, 1.82) is 5.26 Å². The second kappa shape index (κ2) is 4.53. The lowest BCUT2D eigenvalue weighted by Crippen LogP contribution is -2.48. The monoisotopic (exact) mass is 259 g/mol. The Morgan fingerprint density at radius 3 is 3.00 bits per heavy atom. The first-order valence-electron chi connectivity index (χ1n) is 6.02. The Labute approximate surface area is 109 Å². The third kappa shape index (κ3) is 2.26. The molecule has 0 amide bonds. The maximum absolute atomic E-state index is 11.0. The van der Waals surface area contributed by atoms with E-state index in [1.165, 1.54) is 0 Å². The Morgan fingerprint density at radius 2 is 2.32 bits per heavy atom. The van der Waals surface area contributed by atoms with Crippen molar-refractivity contribution >= 4 is 11.1 Å². The topological polar surface area (TPSA) is 91.1 Å². The maximum Gasteiger partial charge on any atom is 0.417 e. The van der Waals surface area contributed by atoms with Crippen LogP contribution in [0, 0.1) is 16.7 Å². The number of fused-ring (bicyclic) bond motifs is 1. The molecule has 98 valence electrons. The number of ether oxygens (including phenoxy) is 1. The molecule has 19 heavy (non-hydrogen) atoms. The van der Waals surface area contributed by atoms with Crippen LogP contribution < -0.4 is 11.1 Å². The average molecular weight is 259 g/mol. The summed E-state index contributed by atoms with van der Waals surface area (Å²) >= 11 is 0. The summed E-state index contributed by atoms with van der Waals surface area (Å²) < 4.78 is 10.1. The van der Waals surface area contributed by atoms with Crippen LogP contribution in [0.3, 0.4) is 0 Å². The summed E-state index contributed by atoms with van der Waals surface area (Å²) in [5.41, 5.74) is 1.86. The van der Waals surface area contributed by atoms with E-state index in [-0.39, 0.29) is 5.41 Å². The predicted molar refractivity (Wildman–Crippen MR) is 67.4 cm³/mol. The molecule has 2 N–H and O–H groups in total. The number of rotatable bonds is 4. The summed E-state index contributed by atoms with van der Waals surface area (Å²) in [6.45, 7) is 2.19. The van der Waals surface area contributed by atoms with Crippen molar-refractivity contribution in [3.05, 3.63) is 34.3 Å². The first-order chi connectivity index (χ1) is 9.21. The van der Waals surface area contributed by atoms with Crippen LogP contribution in [0.2, 0.25) is 0 Å². The smallest absolute Gasteiger partial charge is 0.408 e. The fourth-order valence-electron chi connectivity index (χ4n) is 2.10. The number of aromatic nitrogens is 1. The quantitative estimate of drug-likeness (QED) is 0.845. The minimum absolute atomic E-state index is 0.384. The highest BCUT2D eigenvalue weighted by Crippen LogP contribution is 2.25. The number of benzene rings is 1. The molecule has 0 unspecified atom stereocenters. The second-order valence-electron chi connectivity index (χ2n) is 4.83. The lowest BCUT2D eigenvalue weighted by Gasteiger charge is -2.35. The van der Waals surface area contributed by atoms with E-state index in [1.807, 2.05) is 18.2 Å². The third-order valence-corrected chi connectivity index (χ3v) is 3.27. The fraction of sp³-hybridized carbons (Fsp3) is 0.385. The summed E-state index contributed by atoms with van der Waals surface area (Å²) in [7, 11) is 0. The van der Waals surface area contributed by atoms with Crippen molar-refractivity contribution in [2.75, 3.05) is 19.8 Å². The van der Waals surface area contributed by atoms with Gasteiger partial charge in [-0.25, -0.2) is 4.79 Å². The minimum Gasteiger partial charge on any atom is -0.408 e. The van der Waals surface area contributed by atoms with Gasteiger partial charge in [-0.2, -0.15) is 5.26 Å². The molecule has 0 spiro atoms. The maximum atomic E-state index is 11.0. The van der Waals surface area contributed by atoms with Crippen LogP contribution in [0.25, 0.3) is 11.1 Å².